The van der Waals surface area contributed by atoms with Gasteiger partial charge in [0.25, 0.3) is 0 Å². The third kappa shape index (κ3) is 3.69. The molecule has 132 valence electrons. The first kappa shape index (κ1) is 16.1. The molecule has 0 spiro atoms. The van der Waals surface area contributed by atoms with E-state index in [-0.39, 0.29) is 0 Å². The van der Waals surface area contributed by atoms with E-state index in [9.17, 15) is 0 Å². The van der Waals surface area contributed by atoms with Gasteiger partial charge in [0.1, 0.15) is 17.3 Å². The van der Waals surface area contributed by atoms with Crippen LogP contribution in [0.2, 0.25) is 0 Å². The molecule has 1 aliphatic heterocycles. The van der Waals surface area contributed by atoms with E-state index in [0.717, 1.165) is 54.9 Å². The van der Waals surface area contributed by atoms with E-state index < -0.39 is 0 Å². The van der Waals surface area contributed by atoms with Crippen LogP contribution in [-0.2, 0) is 6.54 Å². The minimum Gasteiger partial charge on any atom is -0.465 e. The van der Waals surface area contributed by atoms with Crippen molar-refractivity contribution in [1.82, 2.24) is 19.5 Å². The van der Waals surface area contributed by atoms with Crippen LogP contribution in [0.1, 0.15) is 30.1 Å². The Kier molecular flexibility index (Phi) is 4.44. The highest BCUT2D eigenvalue weighted by Crippen LogP contribution is 2.21. The lowest BCUT2D eigenvalue weighted by Crippen LogP contribution is -2.35. The lowest BCUT2D eigenvalue weighted by Gasteiger charge is -2.31. The largest absolute Gasteiger partial charge is 0.465 e. The molecule has 0 unspecified atom stereocenters. The zero-order valence-corrected chi connectivity index (χ0v) is 14.9. The highest BCUT2D eigenvalue weighted by molar-refractivity contribution is 5.48. The third-order valence-electron chi connectivity index (χ3n) is 4.94. The van der Waals surface area contributed by atoms with Crippen molar-refractivity contribution in [2.45, 2.75) is 33.2 Å². The number of piperidine rings is 1. The summed E-state index contributed by atoms with van der Waals surface area (Å²) in [7, 11) is 0. The van der Waals surface area contributed by atoms with Crippen molar-refractivity contribution in [3.63, 3.8) is 0 Å². The van der Waals surface area contributed by atoms with Gasteiger partial charge < -0.3 is 9.73 Å². The zero-order chi connectivity index (χ0) is 17.2. The van der Waals surface area contributed by atoms with Crippen LogP contribution < -0.4 is 5.32 Å². The molecule has 0 amide bonds. The standard InChI is InChI=1S/C19H25N5O/c1-14-11-19(24-18(22-14)5-8-21-24)20-12-16-6-9-23(10-7-16)13-17-4-3-15(2)25-17/h3-5,8,11,16,20H,6-7,9-10,12-13H2,1-2H3. The van der Waals surface area contributed by atoms with Crippen LogP contribution >= 0.6 is 0 Å². The molecular formula is C19H25N5O. The van der Waals surface area contributed by atoms with E-state index in [1.807, 2.05) is 30.5 Å². The van der Waals surface area contributed by atoms with Crippen LogP contribution in [0.4, 0.5) is 5.82 Å². The molecule has 6 heteroatoms. The summed E-state index contributed by atoms with van der Waals surface area (Å²) >= 11 is 0. The van der Waals surface area contributed by atoms with Gasteiger partial charge in [-0.05, 0) is 57.8 Å². The van der Waals surface area contributed by atoms with Crippen molar-refractivity contribution in [2.24, 2.45) is 5.92 Å². The molecule has 4 heterocycles. The fourth-order valence-corrected chi connectivity index (χ4v) is 3.55. The number of hydrogen-bond acceptors (Lipinski definition) is 5. The highest BCUT2D eigenvalue weighted by Gasteiger charge is 2.20. The number of nitrogens with one attached hydrogen (secondary N) is 1. The predicted molar refractivity (Wildman–Crippen MR) is 97.7 cm³/mol. The van der Waals surface area contributed by atoms with Gasteiger partial charge in [-0.15, -0.1) is 0 Å². The van der Waals surface area contributed by atoms with Crippen molar-refractivity contribution in [2.75, 3.05) is 25.0 Å². The highest BCUT2D eigenvalue weighted by atomic mass is 16.3. The van der Waals surface area contributed by atoms with Gasteiger partial charge in [-0.1, -0.05) is 0 Å². The molecule has 1 aliphatic rings. The number of fused-ring (bicyclic) bond motifs is 1. The first-order valence-corrected chi connectivity index (χ1v) is 9.00. The maximum absolute atomic E-state index is 5.69. The van der Waals surface area contributed by atoms with Crippen LogP contribution in [0.25, 0.3) is 5.65 Å². The molecular weight excluding hydrogens is 314 g/mol. The average Bonchev–Trinajstić information content (AvgIpc) is 3.22. The van der Waals surface area contributed by atoms with E-state index in [2.05, 4.69) is 32.4 Å². The topological polar surface area (TPSA) is 58.6 Å². The quantitative estimate of drug-likeness (QED) is 0.773. The number of hydrogen-bond donors (Lipinski definition) is 1. The first-order valence-electron chi connectivity index (χ1n) is 9.00. The van der Waals surface area contributed by atoms with E-state index in [1.54, 1.807) is 6.20 Å². The number of furan rings is 1. The Morgan fingerprint density at radius 1 is 1.20 bits per heavy atom. The second-order valence-corrected chi connectivity index (χ2v) is 7.00. The van der Waals surface area contributed by atoms with Crippen molar-refractivity contribution < 1.29 is 4.42 Å². The summed E-state index contributed by atoms with van der Waals surface area (Å²) in [5.41, 5.74) is 1.91. The molecule has 1 saturated heterocycles. The summed E-state index contributed by atoms with van der Waals surface area (Å²) in [5, 5.41) is 7.93. The molecule has 6 nitrogen and oxygen atoms in total. The van der Waals surface area contributed by atoms with Crippen LogP contribution in [0.5, 0.6) is 0 Å². The molecule has 25 heavy (non-hydrogen) atoms. The Bertz CT molecular complexity index is 844. The van der Waals surface area contributed by atoms with Gasteiger partial charge >= 0.3 is 0 Å². The molecule has 0 saturated carbocycles. The van der Waals surface area contributed by atoms with Crippen LogP contribution in [-0.4, -0.2) is 39.1 Å². The molecule has 0 atom stereocenters. The number of nitrogens with zero attached hydrogens (tertiary/aromatic N) is 4. The van der Waals surface area contributed by atoms with Crippen molar-refractivity contribution in [1.29, 1.82) is 0 Å². The lowest BCUT2D eigenvalue weighted by molar-refractivity contribution is 0.170. The van der Waals surface area contributed by atoms with Gasteiger partial charge in [0.15, 0.2) is 5.65 Å². The second kappa shape index (κ2) is 6.88. The van der Waals surface area contributed by atoms with Crippen molar-refractivity contribution in [3.8, 4) is 0 Å². The van der Waals surface area contributed by atoms with Gasteiger partial charge in [0.2, 0.25) is 0 Å². The summed E-state index contributed by atoms with van der Waals surface area (Å²) in [6.07, 6.45) is 4.21. The van der Waals surface area contributed by atoms with Crippen LogP contribution in [0.15, 0.2) is 34.9 Å². The van der Waals surface area contributed by atoms with E-state index >= 15 is 0 Å². The SMILES string of the molecule is Cc1cc(NCC2CCN(Cc3ccc(C)o3)CC2)n2nccc2n1. The van der Waals surface area contributed by atoms with Crippen molar-refractivity contribution >= 4 is 11.5 Å². The summed E-state index contributed by atoms with van der Waals surface area (Å²) in [6.45, 7) is 8.17. The minimum absolute atomic E-state index is 0.689. The minimum atomic E-state index is 0.689. The zero-order valence-electron chi connectivity index (χ0n) is 14.9. The predicted octanol–water partition coefficient (Wildman–Crippen LogP) is 3.26. The Morgan fingerprint density at radius 3 is 2.80 bits per heavy atom. The molecule has 3 aromatic heterocycles. The molecule has 1 fully saturated rings. The Labute approximate surface area is 147 Å². The number of likely N-dealkylation sites (tertiary alicyclic amines) is 1. The summed E-state index contributed by atoms with van der Waals surface area (Å²) in [4.78, 5) is 6.97. The lowest BCUT2D eigenvalue weighted by atomic mass is 9.96. The molecule has 0 bridgehead atoms. The van der Waals surface area contributed by atoms with Gasteiger partial charge in [-0.3, -0.25) is 4.90 Å². The van der Waals surface area contributed by atoms with Gasteiger partial charge in [0, 0.05) is 24.4 Å². The number of aromatic nitrogens is 3. The molecule has 1 N–H and O–H groups in total. The third-order valence-corrected chi connectivity index (χ3v) is 4.94. The van der Waals surface area contributed by atoms with Gasteiger partial charge in [-0.25, -0.2) is 4.98 Å². The summed E-state index contributed by atoms with van der Waals surface area (Å²) in [6, 6.07) is 8.13. The van der Waals surface area contributed by atoms with Crippen LogP contribution in [0, 0.1) is 19.8 Å². The number of anilines is 1. The summed E-state index contributed by atoms with van der Waals surface area (Å²) < 4.78 is 7.57. The molecule has 3 aromatic rings. The van der Waals surface area contributed by atoms with Crippen LogP contribution in [0.3, 0.4) is 0 Å². The van der Waals surface area contributed by atoms with E-state index in [1.165, 1.54) is 12.8 Å². The Morgan fingerprint density at radius 2 is 2.04 bits per heavy atom. The van der Waals surface area contributed by atoms with E-state index in [0.29, 0.717) is 5.92 Å². The summed E-state index contributed by atoms with van der Waals surface area (Å²) in [5.74, 6) is 3.78. The molecule has 0 aliphatic carbocycles. The number of aryl methyl sites for hydroxylation is 2. The second-order valence-electron chi connectivity index (χ2n) is 7.00. The number of rotatable bonds is 5. The first-order chi connectivity index (χ1) is 12.2. The molecule has 0 radical (unpaired) electrons. The fraction of sp³-hybridized carbons (Fsp3) is 0.474. The van der Waals surface area contributed by atoms with Gasteiger partial charge in [0.05, 0.1) is 12.7 Å². The average molecular weight is 339 g/mol. The normalized spacial score (nSPS) is 16.6. The van der Waals surface area contributed by atoms with Gasteiger partial charge in [-0.2, -0.15) is 9.61 Å². The Balaban J connectivity index is 1.30. The van der Waals surface area contributed by atoms with E-state index in [4.69, 9.17) is 4.42 Å². The Hall–Kier alpha value is -2.34. The maximum atomic E-state index is 5.69. The smallest absolute Gasteiger partial charge is 0.157 e. The monoisotopic (exact) mass is 339 g/mol. The fourth-order valence-electron chi connectivity index (χ4n) is 3.55. The maximum Gasteiger partial charge on any atom is 0.157 e. The molecule has 0 aromatic carbocycles. The molecule has 4 rings (SSSR count). The van der Waals surface area contributed by atoms with Crippen molar-refractivity contribution in [3.05, 3.63) is 47.7 Å².